The Labute approximate surface area is 135 Å². The molecule has 1 aromatic carbocycles. The molecule has 2 aliphatic heterocycles. The molecular weight excluding hydrogens is 292 g/mol. The van der Waals surface area contributed by atoms with Crippen LogP contribution in [0.4, 0.5) is 0 Å². The first-order chi connectivity index (χ1) is 11.2. The molecule has 23 heavy (non-hydrogen) atoms. The fraction of sp³-hybridized carbons (Fsp3) is 0.471. The van der Waals surface area contributed by atoms with Crippen LogP contribution in [0.3, 0.4) is 0 Å². The summed E-state index contributed by atoms with van der Waals surface area (Å²) in [4.78, 5) is 25.8. The third kappa shape index (κ3) is 2.80. The van der Waals surface area contributed by atoms with Gasteiger partial charge in [0.2, 0.25) is 0 Å². The van der Waals surface area contributed by atoms with Crippen LogP contribution in [0.25, 0.3) is 11.0 Å². The van der Waals surface area contributed by atoms with Gasteiger partial charge in [0.15, 0.2) is 0 Å². The third-order valence-corrected chi connectivity index (χ3v) is 4.75. The van der Waals surface area contributed by atoms with E-state index in [1.54, 1.807) is 12.4 Å². The van der Waals surface area contributed by atoms with Crippen molar-refractivity contribution >= 4 is 16.9 Å². The molecular formula is C17H20N4O2. The topological polar surface area (TPSA) is 58.6 Å². The monoisotopic (exact) mass is 312 g/mol. The second-order valence-corrected chi connectivity index (χ2v) is 6.47. The van der Waals surface area contributed by atoms with Crippen LogP contribution in [0.5, 0.6) is 0 Å². The Morgan fingerprint density at radius 3 is 2.83 bits per heavy atom. The van der Waals surface area contributed by atoms with Crippen molar-refractivity contribution in [1.29, 1.82) is 0 Å². The molecule has 0 saturated carbocycles. The average Bonchev–Trinajstić information content (AvgIpc) is 2.82. The molecule has 2 bridgehead atoms. The van der Waals surface area contributed by atoms with E-state index in [4.69, 9.17) is 4.74 Å². The van der Waals surface area contributed by atoms with Gasteiger partial charge in [-0.05, 0) is 25.2 Å². The number of hydrogen-bond acceptors (Lipinski definition) is 5. The third-order valence-electron chi connectivity index (χ3n) is 4.75. The first-order valence-corrected chi connectivity index (χ1v) is 7.99. The number of fused-ring (bicyclic) bond motifs is 4. The SMILES string of the molecule is CN1C[C@H]2COC[C@@H]1CN(C(=O)c1ccc3nccnc3c1)C2. The minimum Gasteiger partial charge on any atom is -0.379 e. The molecule has 0 N–H and O–H groups in total. The highest BCUT2D eigenvalue weighted by Gasteiger charge is 2.33. The van der Waals surface area contributed by atoms with Crippen LogP contribution in [0.1, 0.15) is 10.4 Å². The van der Waals surface area contributed by atoms with Crippen molar-refractivity contribution in [3.63, 3.8) is 0 Å². The predicted octanol–water partition coefficient (Wildman–Crippen LogP) is 1.03. The lowest BCUT2D eigenvalue weighted by atomic mass is 10.1. The Morgan fingerprint density at radius 2 is 1.96 bits per heavy atom. The van der Waals surface area contributed by atoms with Crippen molar-refractivity contribution in [2.24, 2.45) is 5.92 Å². The number of amides is 1. The molecule has 2 fully saturated rings. The van der Waals surface area contributed by atoms with Crippen molar-refractivity contribution in [3.05, 3.63) is 36.2 Å². The summed E-state index contributed by atoms with van der Waals surface area (Å²) in [5, 5.41) is 0. The maximum absolute atomic E-state index is 13.0. The summed E-state index contributed by atoms with van der Waals surface area (Å²) in [7, 11) is 2.12. The Kier molecular flexibility index (Phi) is 3.71. The summed E-state index contributed by atoms with van der Waals surface area (Å²) in [5.41, 5.74) is 2.25. The van der Waals surface area contributed by atoms with Crippen LogP contribution < -0.4 is 0 Å². The normalized spacial score (nSPS) is 25.3. The van der Waals surface area contributed by atoms with Gasteiger partial charge < -0.3 is 9.64 Å². The zero-order chi connectivity index (χ0) is 15.8. The Hall–Kier alpha value is -2.05. The van der Waals surface area contributed by atoms with Gasteiger partial charge in [-0.1, -0.05) is 0 Å². The number of nitrogens with zero attached hydrogens (tertiary/aromatic N) is 4. The highest BCUT2D eigenvalue weighted by molar-refractivity contribution is 5.97. The van der Waals surface area contributed by atoms with Crippen LogP contribution in [0, 0.1) is 5.92 Å². The number of ether oxygens (including phenoxy) is 1. The molecule has 2 saturated heterocycles. The van der Waals surface area contributed by atoms with Gasteiger partial charge in [-0.2, -0.15) is 0 Å². The number of aromatic nitrogens is 2. The summed E-state index contributed by atoms with van der Waals surface area (Å²) >= 11 is 0. The first kappa shape index (κ1) is 14.5. The van der Waals surface area contributed by atoms with Gasteiger partial charge in [-0.25, -0.2) is 0 Å². The minimum atomic E-state index is 0.0738. The molecule has 0 radical (unpaired) electrons. The lowest BCUT2D eigenvalue weighted by Gasteiger charge is -2.29. The van der Waals surface area contributed by atoms with E-state index in [0.29, 0.717) is 24.6 Å². The van der Waals surface area contributed by atoms with Crippen molar-refractivity contribution in [2.75, 3.05) is 39.9 Å². The number of benzene rings is 1. The Bertz CT molecular complexity index is 735. The lowest BCUT2D eigenvalue weighted by molar-refractivity contribution is 0.0434. The van der Waals surface area contributed by atoms with Crippen LogP contribution >= 0.6 is 0 Å². The number of carbonyl (C=O) groups excluding carboxylic acids is 1. The molecule has 120 valence electrons. The fourth-order valence-electron chi connectivity index (χ4n) is 3.49. The van der Waals surface area contributed by atoms with Gasteiger partial charge in [0.25, 0.3) is 5.91 Å². The standard InChI is InChI=1S/C17H20N4O2/c1-20-7-12-8-21(9-14(20)11-23-10-12)17(22)13-2-3-15-16(6-13)19-5-4-18-15/h2-6,12,14H,7-11H2,1H3/t12-,14+/m1/s1. The van der Waals surface area contributed by atoms with E-state index in [1.807, 2.05) is 23.1 Å². The predicted molar refractivity (Wildman–Crippen MR) is 86.2 cm³/mol. The van der Waals surface area contributed by atoms with E-state index in [9.17, 15) is 4.79 Å². The van der Waals surface area contributed by atoms with Crippen LogP contribution in [0.15, 0.2) is 30.6 Å². The number of likely N-dealkylation sites (N-methyl/N-ethyl adjacent to an activating group) is 1. The van der Waals surface area contributed by atoms with E-state index in [1.165, 1.54) is 0 Å². The number of rotatable bonds is 1. The zero-order valence-electron chi connectivity index (χ0n) is 13.2. The fourth-order valence-corrected chi connectivity index (χ4v) is 3.49. The van der Waals surface area contributed by atoms with Gasteiger partial charge in [-0.3, -0.25) is 19.7 Å². The molecule has 4 rings (SSSR count). The van der Waals surface area contributed by atoms with E-state index < -0.39 is 0 Å². The quantitative estimate of drug-likeness (QED) is 0.787. The molecule has 2 aliphatic rings. The molecule has 0 aliphatic carbocycles. The van der Waals surface area contributed by atoms with Crippen LogP contribution in [-0.4, -0.2) is 71.6 Å². The van der Waals surface area contributed by atoms with Gasteiger partial charge in [0, 0.05) is 43.5 Å². The maximum Gasteiger partial charge on any atom is 0.253 e. The van der Waals surface area contributed by atoms with Gasteiger partial charge in [0.1, 0.15) is 0 Å². The Balaban J connectivity index is 1.62. The zero-order valence-corrected chi connectivity index (χ0v) is 13.2. The van der Waals surface area contributed by atoms with E-state index in [-0.39, 0.29) is 11.9 Å². The molecule has 3 heterocycles. The van der Waals surface area contributed by atoms with Crippen molar-refractivity contribution < 1.29 is 9.53 Å². The van der Waals surface area contributed by atoms with Crippen LogP contribution in [0.2, 0.25) is 0 Å². The lowest BCUT2D eigenvalue weighted by Crippen LogP contribution is -2.44. The summed E-state index contributed by atoms with van der Waals surface area (Å²) in [6, 6.07) is 5.82. The molecule has 1 amide bonds. The largest absolute Gasteiger partial charge is 0.379 e. The van der Waals surface area contributed by atoms with E-state index in [0.717, 1.165) is 30.7 Å². The second kappa shape index (κ2) is 5.86. The molecule has 6 heteroatoms. The summed E-state index contributed by atoms with van der Waals surface area (Å²) in [6.45, 7) is 3.87. The van der Waals surface area contributed by atoms with Crippen molar-refractivity contribution in [3.8, 4) is 0 Å². The van der Waals surface area contributed by atoms with Gasteiger partial charge in [0.05, 0.1) is 30.3 Å². The first-order valence-electron chi connectivity index (χ1n) is 7.99. The summed E-state index contributed by atoms with van der Waals surface area (Å²) < 4.78 is 5.73. The molecule has 2 aromatic rings. The van der Waals surface area contributed by atoms with Crippen LogP contribution in [-0.2, 0) is 4.74 Å². The molecule has 6 nitrogen and oxygen atoms in total. The van der Waals surface area contributed by atoms with Crippen molar-refractivity contribution in [1.82, 2.24) is 19.8 Å². The smallest absolute Gasteiger partial charge is 0.253 e. The second-order valence-electron chi connectivity index (χ2n) is 6.47. The highest BCUT2D eigenvalue weighted by Crippen LogP contribution is 2.21. The minimum absolute atomic E-state index is 0.0738. The highest BCUT2D eigenvalue weighted by atomic mass is 16.5. The Morgan fingerprint density at radius 1 is 1.13 bits per heavy atom. The number of carbonyl (C=O) groups is 1. The molecule has 1 aromatic heterocycles. The van der Waals surface area contributed by atoms with E-state index >= 15 is 0 Å². The summed E-state index contributed by atoms with van der Waals surface area (Å²) in [5.74, 6) is 0.446. The molecule has 0 spiro atoms. The summed E-state index contributed by atoms with van der Waals surface area (Å²) in [6.07, 6.45) is 3.31. The number of hydrogen-bond donors (Lipinski definition) is 0. The van der Waals surface area contributed by atoms with E-state index in [2.05, 4.69) is 21.9 Å². The van der Waals surface area contributed by atoms with Crippen molar-refractivity contribution in [2.45, 2.75) is 6.04 Å². The average molecular weight is 312 g/mol. The molecule has 0 unspecified atom stereocenters. The molecule has 2 atom stereocenters. The van der Waals surface area contributed by atoms with Gasteiger partial charge in [-0.15, -0.1) is 0 Å². The van der Waals surface area contributed by atoms with Gasteiger partial charge >= 0.3 is 0 Å². The maximum atomic E-state index is 13.0.